The predicted molar refractivity (Wildman–Crippen MR) is 126 cm³/mol. The van der Waals surface area contributed by atoms with Crippen molar-refractivity contribution in [1.82, 2.24) is 15.9 Å². The molecule has 9 nitrogen and oxygen atoms in total. The van der Waals surface area contributed by atoms with Crippen molar-refractivity contribution in [1.29, 1.82) is 0 Å². The summed E-state index contributed by atoms with van der Waals surface area (Å²) in [6, 6.07) is 4.46. The van der Waals surface area contributed by atoms with Gasteiger partial charge in [-0.05, 0) is 24.1 Å². The maximum absolute atomic E-state index is 13.7. The molecule has 36 heavy (non-hydrogen) atoms. The van der Waals surface area contributed by atoms with Gasteiger partial charge in [0, 0.05) is 24.4 Å². The maximum Gasteiger partial charge on any atom is 0.346 e. The molecular weight excluding hydrogens is 525 g/mol. The lowest BCUT2D eigenvalue weighted by Crippen LogP contribution is -2.52. The smallest absolute Gasteiger partial charge is 0.346 e. The number of anilines is 1. The molecule has 0 fully saturated rings. The Hall–Kier alpha value is -2.55. The van der Waals surface area contributed by atoms with Gasteiger partial charge in [0.25, 0.3) is 0 Å². The Morgan fingerprint density at radius 3 is 2.67 bits per heavy atom. The Kier molecular flexibility index (Phi) is 9.82. The molecule has 1 aliphatic heterocycles. The molecule has 4 N–H and O–H groups in total. The normalized spacial score (nSPS) is 14.4. The number of carbonyl (C=O) groups is 2. The highest BCUT2D eigenvalue weighted by Crippen LogP contribution is 2.39. The van der Waals surface area contributed by atoms with E-state index < -0.39 is 48.1 Å². The number of benzene rings is 2. The highest BCUT2D eigenvalue weighted by Gasteiger charge is 2.29. The van der Waals surface area contributed by atoms with Crippen molar-refractivity contribution < 1.29 is 37.8 Å². The summed E-state index contributed by atoms with van der Waals surface area (Å²) in [6.07, 6.45) is -1.35. The molecule has 2 atom stereocenters. The monoisotopic (exact) mass is 548 g/mol. The summed E-state index contributed by atoms with van der Waals surface area (Å²) in [7, 11) is 0. The van der Waals surface area contributed by atoms with Crippen LogP contribution in [-0.2, 0) is 16.2 Å². The molecule has 0 radical (unpaired) electrons. The number of aliphatic hydroxyl groups is 2. The van der Waals surface area contributed by atoms with Crippen LogP contribution in [0.3, 0.4) is 0 Å². The van der Waals surface area contributed by atoms with Gasteiger partial charge in [-0.2, -0.15) is 0 Å². The van der Waals surface area contributed by atoms with Crippen LogP contribution in [0.25, 0.3) is 0 Å². The van der Waals surface area contributed by atoms with Gasteiger partial charge in [0.05, 0.1) is 41.9 Å². The standard InChI is InChI=1S/C22H24ClF3N4O5S/c1-12(32)30(27-8-13-3-2-4-16(24)21(13)23)14(5-15(33)9-31)10-35-28-22(34)29-11-36-20-7-18(26)17(25)6-19(20)29/h2-4,6-7,14-15,27,31,33H,5,8-11H2,1H3,(H,28,34)/t14-,15+/m0/s1. The van der Waals surface area contributed by atoms with Crippen LogP contribution < -0.4 is 15.8 Å². The number of nitrogens with one attached hydrogen (secondary N) is 2. The fraction of sp³-hybridized carbons (Fsp3) is 0.364. The highest BCUT2D eigenvalue weighted by molar-refractivity contribution is 8.00. The minimum atomic E-state index is -1.21. The van der Waals surface area contributed by atoms with Gasteiger partial charge in [-0.25, -0.2) is 28.9 Å². The zero-order valence-electron chi connectivity index (χ0n) is 19.0. The van der Waals surface area contributed by atoms with E-state index in [4.69, 9.17) is 16.4 Å². The van der Waals surface area contributed by atoms with E-state index in [1.165, 1.54) is 19.1 Å². The van der Waals surface area contributed by atoms with Crippen LogP contribution >= 0.6 is 23.4 Å². The quantitative estimate of drug-likeness (QED) is 0.338. The topological polar surface area (TPSA) is 114 Å². The van der Waals surface area contributed by atoms with Gasteiger partial charge in [0.15, 0.2) is 11.6 Å². The van der Waals surface area contributed by atoms with Crippen molar-refractivity contribution in [3.63, 3.8) is 0 Å². The van der Waals surface area contributed by atoms with Gasteiger partial charge in [-0.1, -0.05) is 23.7 Å². The second kappa shape index (κ2) is 12.6. The minimum absolute atomic E-state index is 0.0435. The first-order valence-corrected chi connectivity index (χ1v) is 12.0. The number of rotatable bonds is 10. The van der Waals surface area contributed by atoms with Crippen LogP contribution in [0.15, 0.2) is 35.2 Å². The predicted octanol–water partition coefficient (Wildman–Crippen LogP) is 2.93. The number of amides is 3. The van der Waals surface area contributed by atoms with Crippen molar-refractivity contribution in [3.8, 4) is 0 Å². The Balaban J connectivity index is 1.65. The number of aliphatic hydroxyl groups excluding tert-OH is 2. The number of urea groups is 1. The first kappa shape index (κ1) is 28.0. The van der Waals surface area contributed by atoms with Crippen LogP contribution in [0.5, 0.6) is 0 Å². The van der Waals surface area contributed by atoms with Gasteiger partial charge >= 0.3 is 6.03 Å². The van der Waals surface area contributed by atoms with Crippen molar-refractivity contribution in [2.45, 2.75) is 36.9 Å². The molecule has 2 aromatic carbocycles. The van der Waals surface area contributed by atoms with E-state index in [9.17, 15) is 33.0 Å². The lowest BCUT2D eigenvalue weighted by atomic mass is 10.1. The van der Waals surface area contributed by atoms with Crippen LogP contribution in [0.2, 0.25) is 5.02 Å². The molecule has 2 aromatic rings. The third-order valence-corrected chi connectivity index (χ3v) is 6.70. The van der Waals surface area contributed by atoms with E-state index in [0.29, 0.717) is 10.5 Å². The number of hydrogen-bond acceptors (Lipinski definition) is 7. The maximum atomic E-state index is 13.7. The molecule has 196 valence electrons. The summed E-state index contributed by atoms with van der Waals surface area (Å²) in [5.41, 5.74) is 5.53. The van der Waals surface area contributed by atoms with Crippen LogP contribution in [0.4, 0.5) is 23.7 Å². The fourth-order valence-corrected chi connectivity index (χ4v) is 4.68. The van der Waals surface area contributed by atoms with E-state index in [1.54, 1.807) is 6.07 Å². The molecule has 0 aliphatic carbocycles. The van der Waals surface area contributed by atoms with E-state index in [2.05, 4.69) is 10.9 Å². The Morgan fingerprint density at radius 2 is 1.97 bits per heavy atom. The number of hydrazine groups is 1. The minimum Gasteiger partial charge on any atom is -0.394 e. The third kappa shape index (κ3) is 6.81. The molecule has 0 bridgehead atoms. The molecule has 1 aliphatic rings. The van der Waals surface area contributed by atoms with Crippen molar-refractivity contribution >= 4 is 41.0 Å². The number of hydrogen-bond donors (Lipinski definition) is 4. The second-order valence-electron chi connectivity index (χ2n) is 7.82. The molecule has 0 saturated carbocycles. The molecule has 0 unspecified atom stereocenters. The first-order valence-electron chi connectivity index (χ1n) is 10.7. The zero-order chi connectivity index (χ0) is 26.4. The summed E-state index contributed by atoms with van der Waals surface area (Å²) < 4.78 is 40.8. The molecule has 0 spiro atoms. The van der Waals surface area contributed by atoms with E-state index in [0.717, 1.165) is 33.8 Å². The third-order valence-electron chi connectivity index (χ3n) is 5.25. The van der Waals surface area contributed by atoms with Crippen molar-refractivity contribution in [3.05, 3.63) is 58.4 Å². The van der Waals surface area contributed by atoms with Gasteiger partial charge in [-0.3, -0.25) is 19.5 Å². The van der Waals surface area contributed by atoms with Crippen LogP contribution in [-0.4, -0.2) is 58.4 Å². The number of thioether (sulfide) groups is 1. The van der Waals surface area contributed by atoms with Gasteiger partial charge in [-0.15, -0.1) is 11.8 Å². The number of fused-ring (bicyclic) bond motifs is 1. The molecule has 3 rings (SSSR count). The Bertz CT molecular complexity index is 1120. The number of halogens is 4. The fourth-order valence-electron chi connectivity index (χ4n) is 3.46. The number of nitrogens with zero attached hydrogens (tertiary/aromatic N) is 2. The summed E-state index contributed by atoms with van der Waals surface area (Å²) in [6.45, 7) is 0.285. The van der Waals surface area contributed by atoms with Gasteiger partial charge in [0.1, 0.15) is 5.82 Å². The summed E-state index contributed by atoms with van der Waals surface area (Å²) in [5.74, 6) is -3.16. The molecule has 0 saturated heterocycles. The zero-order valence-corrected chi connectivity index (χ0v) is 20.6. The molecule has 14 heteroatoms. The Morgan fingerprint density at radius 1 is 1.25 bits per heavy atom. The van der Waals surface area contributed by atoms with Crippen LogP contribution in [0.1, 0.15) is 18.9 Å². The average Bonchev–Trinajstić information content (AvgIpc) is 3.23. The van der Waals surface area contributed by atoms with E-state index in [-0.39, 0.29) is 36.2 Å². The first-order chi connectivity index (χ1) is 17.1. The van der Waals surface area contributed by atoms with Crippen molar-refractivity contribution in [2.75, 3.05) is 24.0 Å². The molecule has 1 heterocycles. The summed E-state index contributed by atoms with van der Waals surface area (Å²) in [4.78, 5) is 31.7. The largest absolute Gasteiger partial charge is 0.394 e. The van der Waals surface area contributed by atoms with Crippen LogP contribution in [0, 0.1) is 17.5 Å². The molecular formula is C22H24ClF3N4O5S. The SMILES string of the molecule is CC(=O)N(NCc1cccc(F)c1Cl)[C@H](CONC(=O)N1CSc2cc(F)c(F)cc21)C[C@@H](O)CO. The number of hydroxylamine groups is 1. The van der Waals surface area contributed by atoms with Gasteiger partial charge < -0.3 is 10.2 Å². The van der Waals surface area contributed by atoms with E-state index >= 15 is 0 Å². The lowest BCUT2D eigenvalue weighted by Gasteiger charge is -2.32. The summed E-state index contributed by atoms with van der Waals surface area (Å²) >= 11 is 7.10. The molecule has 0 aromatic heterocycles. The second-order valence-corrected chi connectivity index (χ2v) is 9.18. The van der Waals surface area contributed by atoms with E-state index in [1.807, 2.05) is 0 Å². The molecule has 3 amide bonds. The van der Waals surface area contributed by atoms with Gasteiger partial charge in [0.2, 0.25) is 5.91 Å². The Labute approximate surface area is 214 Å². The number of carbonyl (C=O) groups excluding carboxylic acids is 2. The van der Waals surface area contributed by atoms with Crippen molar-refractivity contribution in [2.24, 2.45) is 0 Å². The summed E-state index contributed by atoms with van der Waals surface area (Å²) in [5, 5.41) is 20.2. The lowest BCUT2D eigenvalue weighted by molar-refractivity contribution is -0.139. The average molecular weight is 549 g/mol. The highest BCUT2D eigenvalue weighted by atomic mass is 35.5.